The molecule has 6 fully saturated rings. The molecule has 0 spiro atoms. The summed E-state index contributed by atoms with van der Waals surface area (Å²) in [5.41, 5.74) is -10.9. The second kappa shape index (κ2) is 7.91. The summed E-state index contributed by atoms with van der Waals surface area (Å²) >= 11 is 0. The van der Waals surface area contributed by atoms with E-state index in [9.17, 15) is 30.0 Å². The summed E-state index contributed by atoms with van der Waals surface area (Å²) in [5, 5.41) is 46.8. The zero-order chi connectivity index (χ0) is 30.1. The SMILES string of the molecule is COC1(C)OC2(C(=O)O)OC(C)(C1(C)O)C2(C)COCC1(C)OC2(CO)C(C)C(C)(C2(C)O)C1(C)NC(C)=O. The van der Waals surface area contributed by atoms with Gasteiger partial charge in [0.1, 0.15) is 28.0 Å². The van der Waals surface area contributed by atoms with E-state index < -0.39 is 68.5 Å². The summed E-state index contributed by atoms with van der Waals surface area (Å²) < 4.78 is 29.9. The van der Waals surface area contributed by atoms with Crippen LogP contribution in [0, 0.1) is 16.7 Å². The van der Waals surface area contributed by atoms with E-state index in [0.717, 1.165) is 0 Å². The number of fused-ring (bicyclic) bond motifs is 4. The monoisotopic (exact) mass is 559 g/mol. The molecule has 1 saturated carbocycles. The Hall–Kier alpha value is -1.38. The minimum Gasteiger partial charge on any atom is -0.477 e. The van der Waals surface area contributed by atoms with E-state index in [1.165, 1.54) is 27.9 Å². The molecule has 1 aliphatic carbocycles. The molecule has 6 rings (SSSR count). The van der Waals surface area contributed by atoms with Crippen LogP contribution >= 0.6 is 0 Å². The Morgan fingerprint density at radius 3 is 1.92 bits per heavy atom. The molecule has 6 aliphatic rings. The fourth-order valence-corrected chi connectivity index (χ4v) is 8.55. The Morgan fingerprint density at radius 1 is 0.923 bits per heavy atom. The lowest BCUT2D eigenvalue weighted by Crippen LogP contribution is -2.97. The normalized spacial score (nSPS) is 57.7. The van der Waals surface area contributed by atoms with Gasteiger partial charge < -0.3 is 49.4 Å². The van der Waals surface area contributed by atoms with Crippen molar-refractivity contribution in [1.82, 2.24) is 5.32 Å². The third-order valence-electron chi connectivity index (χ3n) is 12.3. The smallest absolute Gasteiger partial charge is 0.365 e. The van der Waals surface area contributed by atoms with Crippen molar-refractivity contribution in [2.24, 2.45) is 16.7 Å². The van der Waals surface area contributed by atoms with Gasteiger partial charge in [0.2, 0.25) is 11.7 Å². The fourth-order valence-electron chi connectivity index (χ4n) is 8.55. The Labute approximate surface area is 229 Å². The van der Waals surface area contributed by atoms with Crippen LogP contribution in [0.5, 0.6) is 0 Å². The van der Waals surface area contributed by atoms with Gasteiger partial charge in [-0.25, -0.2) is 4.79 Å². The van der Waals surface area contributed by atoms with Gasteiger partial charge in [0, 0.05) is 25.4 Å². The number of carbonyl (C=O) groups excluding carboxylic acids is 1. The molecule has 0 radical (unpaired) electrons. The molecule has 11 unspecified atom stereocenters. The third-order valence-corrected chi connectivity index (χ3v) is 12.3. The molecule has 0 aromatic rings. The molecule has 5 saturated heterocycles. The van der Waals surface area contributed by atoms with Crippen LogP contribution in [0.15, 0.2) is 0 Å². The van der Waals surface area contributed by atoms with Crippen LogP contribution in [0.1, 0.15) is 69.2 Å². The summed E-state index contributed by atoms with van der Waals surface area (Å²) in [6.45, 7) is 15.5. The van der Waals surface area contributed by atoms with Crippen LogP contribution in [-0.4, -0.2) is 104 Å². The number of methoxy groups -OCH3 is 1. The Morgan fingerprint density at radius 2 is 1.49 bits per heavy atom. The number of ether oxygens (including phenoxy) is 5. The third kappa shape index (κ3) is 2.78. The van der Waals surface area contributed by atoms with Crippen molar-refractivity contribution in [3.63, 3.8) is 0 Å². The first-order chi connectivity index (χ1) is 17.5. The lowest BCUT2D eigenvalue weighted by atomic mass is 9.33. The molecule has 0 aromatic heterocycles. The van der Waals surface area contributed by atoms with Crippen LogP contribution in [-0.2, 0) is 33.3 Å². The van der Waals surface area contributed by atoms with Crippen molar-refractivity contribution in [3.8, 4) is 0 Å². The highest BCUT2D eigenvalue weighted by Crippen LogP contribution is 2.74. The van der Waals surface area contributed by atoms with Crippen molar-refractivity contribution < 1.29 is 53.7 Å². The molecule has 39 heavy (non-hydrogen) atoms. The van der Waals surface area contributed by atoms with E-state index in [4.69, 9.17) is 23.7 Å². The number of amides is 1. The number of carbonyl (C=O) groups is 2. The molecule has 4 bridgehead atoms. The summed E-state index contributed by atoms with van der Waals surface area (Å²) in [5.74, 6) is -5.94. The molecule has 11 atom stereocenters. The quantitative estimate of drug-likeness (QED) is 0.281. The average molecular weight is 560 g/mol. The van der Waals surface area contributed by atoms with E-state index in [2.05, 4.69) is 5.32 Å². The second-order valence-electron chi connectivity index (χ2n) is 13.4. The highest BCUT2D eigenvalue weighted by atomic mass is 16.8. The number of carboxylic acid groups (broad SMARTS) is 1. The van der Waals surface area contributed by atoms with Crippen LogP contribution in [0.25, 0.3) is 0 Å². The standard InChI is InChI=1S/C27H45NO11/c1-15-20(5)21(6,28-16(2)30)19(4,37-26(15,12-29)22(20,7)33)14-36-13-18(3)24(9)23(8,34)25(10,35-11)39-27(18,38-24)17(31)32/h15,29,33-34H,12-14H2,1-11H3,(H,28,30)(H,31,32). The Balaban J connectivity index is 1.70. The van der Waals surface area contributed by atoms with Crippen molar-refractivity contribution in [2.75, 3.05) is 26.9 Å². The first-order valence-electron chi connectivity index (χ1n) is 13.3. The van der Waals surface area contributed by atoms with Crippen molar-refractivity contribution in [3.05, 3.63) is 0 Å². The number of hydrogen-bond donors (Lipinski definition) is 5. The Bertz CT molecular complexity index is 1100. The summed E-state index contributed by atoms with van der Waals surface area (Å²) in [6, 6.07) is 0. The first kappa shape index (κ1) is 30.6. The number of hydrogen-bond acceptors (Lipinski definition) is 10. The maximum atomic E-state index is 12.5. The number of aliphatic hydroxyl groups excluding tert-OH is 1. The summed E-state index contributed by atoms with van der Waals surface area (Å²) in [4.78, 5) is 25.0. The average Bonchev–Trinajstić information content (AvgIpc) is 2.82. The minimum absolute atomic E-state index is 0.158. The molecule has 0 aromatic carbocycles. The van der Waals surface area contributed by atoms with E-state index >= 15 is 0 Å². The predicted molar refractivity (Wildman–Crippen MR) is 135 cm³/mol. The zero-order valence-corrected chi connectivity index (χ0v) is 24.8. The predicted octanol–water partition coefficient (Wildman–Crippen LogP) is 0.545. The molecule has 224 valence electrons. The van der Waals surface area contributed by atoms with Gasteiger partial charge in [-0.3, -0.25) is 4.79 Å². The number of aliphatic carboxylic acids is 1. The number of carboxylic acids is 1. The van der Waals surface area contributed by atoms with Gasteiger partial charge in [-0.1, -0.05) is 13.8 Å². The topological polar surface area (TPSA) is 173 Å². The second-order valence-corrected chi connectivity index (χ2v) is 13.4. The van der Waals surface area contributed by atoms with Gasteiger partial charge >= 0.3 is 5.97 Å². The molecule has 12 heteroatoms. The molecule has 1 amide bonds. The van der Waals surface area contributed by atoms with E-state index in [1.807, 2.05) is 13.8 Å². The van der Waals surface area contributed by atoms with Gasteiger partial charge in [0.15, 0.2) is 0 Å². The van der Waals surface area contributed by atoms with Gasteiger partial charge in [0.05, 0.1) is 30.8 Å². The molecule has 5 N–H and O–H groups in total. The van der Waals surface area contributed by atoms with E-state index in [1.54, 1.807) is 34.6 Å². The molecular weight excluding hydrogens is 514 g/mol. The zero-order valence-electron chi connectivity index (χ0n) is 24.8. The van der Waals surface area contributed by atoms with Gasteiger partial charge in [-0.05, 0) is 48.5 Å². The highest BCUT2D eigenvalue weighted by Gasteiger charge is 2.90. The molecule has 12 nitrogen and oxygen atoms in total. The summed E-state index contributed by atoms with van der Waals surface area (Å²) in [7, 11) is 1.31. The maximum absolute atomic E-state index is 12.5. The van der Waals surface area contributed by atoms with E-state index in [-0.39, 0.29) is 25.0 Å². The number of aliphatic hydroxyl groups is 3. The minimum atomic E-state index is -2.18. The largest absolute Gasteiger partial charge is 0.477 e. The Kier molecular flexibility index (Phi) is 6.20. The van der Waals surface area contributed by atoms with Gasteiger partial charge in [-0.15, -0.1) is 0 Å². The van der Waals surface area contributed by atoms with Gasteiger partial charge in [-0.2, -0.15) is 0 Å². The lowest BCUT2D eigenvalue weighted by molar-refractivity contribution is -0.583. The highest BCUT2D eigenvalue weighted by molar-refractivity contribution is 5.80. The lowest BCUT2D eigenvalue weighted by Gasteiger charge is -2.82. The van der Waals surface area contributed by atoms with Crippen molar-refractivity contribution in [1.29, 1.82) is 0 Å². The van der Waals surface area contributed by atoms with Gasteiger partial charge in [0.25, 0.3) is 5.79 Å². The van der Waals surface area contributed by atoms with Crippen LogP contribution in [0.3, 0.4) is 0 Å². The van der Waals surface area contributed by atoms with E-state index in [0.29, 0.717) is 0 Å². The summed E-state index contributed by atoms with van der Waals surface area (Å²) in [6.07, 6.45) is 0. The van der Waals surface area contributed by atoms with Crippen LogP contribution in [0.4, 0.5) is 0 Å². The number of rotatable bonds is 8. The molecular formula is C27H45NO11. The van der Waals surface area contributed by atoms with Crippen molar-refractivity contribution in [2.45, 2.75) is 114 Å². The first-order valence-corrected chi connectivity index (χ1v) is 13.3. The fraction of sp³-hybridized carbons (Fsp3) is 0.926. The number of nitrogens with one attached hydrogen (secondary N) is 1. The van der Waals surface area contributed by atoms with Crippen LogP contribution in [0.2, 0.25) is 0 Å². The van der Waals surface area contributed by atoms with Crippen LogP contribution < -0.4 is 5.32 Å². The molecule has 5 aliphatic heterocycles. The molecule has 5 heterocycles. The van der Waals surface area contributed by atoms with Crippen molar-refractivity contribution >= 4 is 11.9 Å². The maximum Gasteiger partial charge on any atom is 0.365 e.